The number of nitrogens with one attached hydrogen (secondary N) is 2. The molecule has 3 rings (SSSR count). The lowest BCUT2D eigenvalue weighted by molar-refractivity contribution is -0.164. The van der Waals surface area contributed by atoms with Gasteiger partial charge in [-0.2, -0.15) is 13.2 Å². The van der Waals surface area contributed by atoms with Crippen LogP contribution in [0.15, 0.2) is 89.8 Å². The van der Waals surface area contributed by atoms with E-state index in [9.17, 15) is 37.2 Å². The van der Waals surface area contributed by atoms with Gasteiger partial charge in [0.05, 0.1) is 25.2 Å². The molecule has 9 nitrogen and oxygen atoms in total. The van der Waals surface area contributed by atoms with Gasteiger partial charge in [-0.05, 0) is 54.5 Å². The van der Waals surface area contributed by atoms with E-state index in [4.69, 9.17) is 4.74 Å². The first-order valence-electron chi connectivity index (χ1n) is 15.3. The second-order valence-corrected chi connectivity index (χ2v) is 12.4. The molecule has 0 radical (unpaired) electrons. The number of nitrogens with zero attached hydrogens (tertiary/aromatic N) is 1. The highest BCUT2D eigenvalue weighted by Gasteiger charge is 2.43. The molecule has 0 aliphatic rings. The normalized spacial score (nSPS) is 14.3. The minimum absolute atomic E-state index is 0.0631. The molecule has 3 aromatic carbocycles. The van der Waals surface area contributed by atoms with Crippen molar-refractivity contribution in [3.05, 3.63) is 102 Å². The SMILES string of the molecule is CCCN(C(CO)CCCC(NC(=O)C(NC(=O)OC)C(c1ccccc1)c1ccccc1)C(F)(F)F)S(=O)c1ccc(CO)cc1. The molecule has 0 aliphatic carbocycles. The summed E-state index contributed by atoms with van der Waals surface area (Å²) in [5.74, 6) is -1.89. The van der Waals surface area contributed by atoms with Gasteiger partial charge in [-0.1, -0.05) is 79.7 Å². The van der Waals surface area contributed by atoms with Crippen LogP contribution in [0.2, 0.25) is 0 Å². The molecule has 2 amide bonds. The van der Waals surface area contributed by atoms with Crippen LogP contribution in [0.5, 0.6) is 0 Å². The number of benzene rings is 3. The molecule has 0 aromatic heterocycles. The number of methoxy groups -OCH3 is 1. The van der Waals surface area contributed by atoms with Gasteiger partial charge in [-0.15, -0.1) is 0 Å². The number of hydrogen-bond acceptors (Lipinski definition) is 6. The van der Waals surface area contributed by atoms with Crippen molar-refractivity contribution >= 4 is 23.0 Å². The summed E-state index contributed by atoms with van der Waals surface area (Å²) in [6.07, 6.45) is -5.74. The van der Waals surface area contributed by atoms with E-state index < -0.39 is 66.2 Å². The summed E-state index contributed by atoms with van der Waals surface area (Å²) < 4.78 is 62.8. The Hall–Kier alpha value is -3.78. The van der Waals surface area contributed by atoms with Crippen LogP contribution in [0, 0.1) is 0 Å². The third-order valence-electron chi connectivity index (χ3n) is 7.72. The molecule has 4 atom stereocenters. The Kier molecular flexibility index (Phi) is 14.9. The number of amides is 2. The zero-order chi connectivity index (χ0) is 34.4. The second kappa shape index (κ2) is 18.5. The van der Waals surface area contributed by atoms with Gasteiger partial charge in [0.2, 0.25) is 5.91 Å². The fourth-order valence-corrected chi connectivity index (χ4v) is 6.75. The molecule has 0 saturated carbocycles. The third-order valence-corrected chi connectivity index (χ3v) is 9.30. The number of alkyl halides is 3. The van der Waals surface area contributed by atoms with Crippen molar-refractivity contribution in [2.24, 2.45) is 0 Å². The van der Waals surface area contributed by atoms with Crippen molar-refractivity contribution in [1.82, 2.24) is 14.9 Å². The summed E-state index contributed by atoms with van der Waals surface area (Å²) in [5, 5.41) is 24.0. The van der Waals surface area contributed by atoms with Gasteiger partial charge in [0, 0.05) is 18.5 Å². The van der Waals surface area contributed by atoms with E-state index in [1.54, 1.807) is 89.2 Å². The molecule has 0 spiro atoms. The summed E-state index contributed by atoms with van der Waals surface area (Å²) in [5.41, 5.74) is 1.83. The average molecular weight is 678 g/mol. The Morgan fingerprint density at radius 3 is 1.94 bits per heavy atom. The predicted octanol–water partition coefficient (Wildman–Crippen LogP) is 5.05. The number of rotatable bonds is 17. The smallest absolute Gasteiger partial charge is 0.408 e. The summed E-state index contributed by atoms with van der Waals surface area (Å²) in [4.78, 5) is 26.5. The molecule has 3 aromatic rings. The van der Waals surface area contributed by atoms with E-state index in [1.807, 2.05) is 6.92 Å². The highest BCUT2D eigenvalue weighted by Crippen LogP contribution is 2.30. The lowest BCUT2D eigenvalue weighted by Crippen LogP contribution is -2.55. The highest BCUT2D eigenvalue weighted by atomic mass is 32.2. The monoisotopic (exact) mass is 677 g/mol. The van der Waals surface area contributed by atoms with E-state index in [1.165, 1.54) is 0 Å². The number of carbonyl (C=O) groups excluding carboxylic acids is 2. The number of aliphatic hydroxyl groups is 2. The molecule has 13 heteroatoms. The van der Waals surface area contributed by atoms with Gasteiger partial charge in [0.25, 0.3) is 0 Å². The Morgan fingerprint density at radius 2 is 1.47 bits per heavy atom. The average Bonchev–Trinajstić information content (AvgIpc) is 3.08. The van der Waals surface area contributed by atoms with Crippen LogP contribution < -0.4 is 10.6 Å². The van der Waals surface area contributed by atoms with Gasteiger partial charge in [0.1, 0.15) is 23.1 Å². The zero-order valence-electron chi connectivity index (χ0n) is 26.4. The number of ether oxygens (including phenoxy) is 1. The van der Waals surface area contributed by atoms with Gasteiger partial charge in [0.15, 0.2) is 0 Å². The Morgan fingerprint density at radius 1 is 0.894 bits per heavy atom. The van der Waals surface area contributed by atoms with E-state index >= 15 is 0 Å². The van der Waals surface area contributed by atoms with Crippen LogP contribution in [-0.2, 0) is 27.1 Å². The molecule has 256 valence electrons. The minimum Gasteiger partial charge on any atom is -0.453 e. The summed E-state index contributed by atoms with van der Waals surface area (Å²) in [6.45, 7) is 1.56. The maximum atomic E-state index is 14.4. The number of carbonyl (C=O) groups is 2. The van der Waals surface area contributed by atoms with Crippen molar-refractivity contribution in [2.75, 3.05) is 20.3 Å². The zero-order valence-corrected chi connectivity index (χ0v) is 27.2. The topological polar surface area (TPSA) is 128 Å². The van der Waals surface area contributed by atoms with Gasteiger partial charge >= 0.3 is 12.3 Å². The third kappa shape index (κ3) is 10.9. The van der Waals surface area contributed by atoms with Crippen LogP contribution >= 0.6 is 0 Å². The molecule has 0 bridgehead atoms. The van der Waals surface area contributed by atoms with Crippen LogP contribution in [0.3, 0.4) is 0 Å². The lowest BCUT2D eigenvalue weighted by atomic mass is 9.84. The van der Waals surface area contributed by atoms with Crippen molar-refractivity contribution in [3.63, 3.8) is 0 Å². The fraction of sp³-hybridized carbons (Fsp3) is 0.412. The lowest BCUT2D eigenvalue weighted by Gasteiger charge is -2.31. The quantitative estimate of drug-likeness (QED) is 0.158. The first-order chi connectivity index (χ1) is 22.5. The van der Waals surface area contributed by atoms with E-state index in [0.29, 0.717) is 34.6 Å². The van der Waals surface area contributed by atoms with Crippen molar-refractivity contribution < 1.29 is 41.9 Å². The number of alkyl carbamates (subject to hydrolysis) is 1. The fourth-order valence-electron chi connectivity index (χ4n) is 5.32. The molecule has 4 N–H and O–H groups in total. The van der Waals surface area contributed by atoms with Gasteiger partial charge < -0.3 is 25.6 Å². The Bertz CT molecular complexity index is 1370. The highest BCUT2D eigenvalue weighted by molar-refractivity contribution is 7.82. The van der Waals surface area contributed by atoms with E-state index in [0.717, 1.165) is 7.11 Å². The molecule has 47 heavy (non-hydrogen) atoms. The second-order valence-electron chi connectivity index (χ2n) is 11.0. The van der Waals surface area contributed by atoms with Crippen molar-refractivity contribution in [3.8, 4) is 0 Å². The standard InChI is InChI=1S/C34H42F3N3O6S/c1-3-21-40(47(45)28-19-17-24(22-41)18-20-28)27(23-42)15-10-16-29(34(35,36)37)38-32(43)31(39-33(44)46-2)30(25-11-6-4-7-12-25)26-13-8-5-9-14-26/h4-9,11-14,17-20,27,29-31,41-42H,3,10,15-16,21-23H2,1-2H3,(H,38,43)(H,39,44). The van der Waals surface area contributed by atoms with Gasteiger partial charge in [-0.3, -0.25) is 4.79 Å². The maximum Gasteiger partial charge on any atom is 0.408 e. The minimum atomic E-state index is -4.82. The van der Waals surface area contributed by atoms with Gasteiger partial charge in [-0.25, -0.2) is 13.3 Å². The predicted molar refractivity (Wildman–Crippen MR) is 173 cm³/mol. The molecular formula is C34H42F3N3O6S. The summed E-state index contributed by atoms with van der Waals surface area (Å²) >= 11 is 0. The van der Waals surface area contributed by atoms with Crippen molar-refractivity contribution in [1.29, 1.82) is 0 Å². The van der Waals surface area contributed by atoms with Crippen molar-refractivity contribution in [2.45, 2.75) is 74.3 Å². The maximum absolute atomic E-state index is 14.4. The molecule has 0 fully saturated rings. The number of hydrogen-bond donors (Lipinski definition) is 4. The number of halogens is 3. The molecule has 0 heterocycles. The summed E-state index contributed by atoms with van der Waals surface area (Å²) in [6, 6.07) is 19.4. The first-order valence-corrected chi connectivity index (χ1v) is 16.4. The number of aliphatic hydroxyl groups excluding tert-OH is 2. The molecule has 0 aliphatic heterocycles. The molecule has 4 unspecified atom stereocenters. The van der Waals surface area contributed by atoms with Crippen LogP contribution in [0.4, 0.5) is 18.0 Å². The van der Waals surface area contributed by atoms with Crippen LogP contribution in [0.25, 0.3) is 0 Å². The molecule has 0 saturated heterocycles. The Balaban J connectivity index is 1.82. The first kappa shape index (κ1) is 37.7. The van der Waals surface area contributed by atoms with Crippen LogP contribution in [0.1, 0.15) is 55.2 Å². The largest absolute Gasteiger partial charge is 0.453 e. The van der Waals surface area contributed by atoms with Crippen LogP contribution in [-0.4, -0.2) is 75.3 Å². The van der Waals surface area contributed by atoms with E-state index in [-0.39, 0.29) is 19.4 Å². The van der Waals surface area contributed by atoms with E-state index in [2.05, 4.69) is 10.6 Å². The molecular weight excluding hydrogens is 635 g/mol. The Labute approximate surface area is 275 Å². The summed E-state index contributed by atoms with van der Waals surface area (Å²) in [7, 11) is -0.612.